The van der Waals surface area contributed by atoms with Crippen molar-refractivity contribution in [2.75, 3.05) is 27.3 Å². The molecule has 7 heteroatoms. The molecule has 21 heavy (non-hydrogen) atoms. The van der Waals surface area contributed by atoms with Crippen molar-refractivity contribution in [3.63, 3.8) is 0 Å². The zero-order chi connectivity index (χ0) is 15.8. The largest absolute Gasteiger partial charge is 0.490 e. The molecule has 1 rings (SSSR count). The summed E-state index contributed by atoms with van der Waals surface area (Å²) in [4.78, 5) is 24.1. The van der Waals surface area contributed by atoms with Gasteiger partial charge in [-0.1, -0.05) is 0 Å². The highest BCUT2D eigenvalue weighted by Crippen LogP contribution is 2.27. The summed E-state index contributed by atoms with van der Waals surface area (Å²) in [7, 11) is 2.99. The lowest BCUT2D eigenvalue weighted by Gasteiger charge is -2.17. The van der Waals surface area contributed by atoms with Crippen molar-refractivity contribution >= 4 is 11.6 Å². The molecule has 1 N–H and O–H groups in total. The van der Waals surface area contributed by atoms with Crippen molar-refractivity contribution in [1.29, 1.82) is 0 Å². The quantitative estimate of drug-likeness (QED) is 0.449. The van der Waals surface area contributed by atoms with Crippen molar-refractivity contribution in [1.82, 2.24) is 4.90 Å². The third-order valence-corrected chi connectivity index (χ3v) is 3.12. The normalized spacial score (nSPS) is 10.2. The topological polar surface area (TPSA) is 92.9 Å². The summed E-state index contributed by atoms with van der Waals surface area (Å²) in [5, 5.41) is 19.6. The van der Waals surface area contributed by atoms with Gasteiger partial charge < -0.3 is 14.7 Å². The number of nitro groups is 1. The second-order valence-electron chi connectivity index (χ2n) is 4.65. The lowest BCUT2D eigenvalue weighted by molar-refractivity contribution is -0.385. The van der Waals surface area contributed by atoms with Gasteiger partial charge in [0.1, 0.15) is 0 Å². The van der Waals surface area contributed by atoms with E-state index in [1.54, 1.807) is 7.05 Å². The van der Waals surface area contributed by atoms with Crippen LogP contribution in [-0.4, -0.2) is 48.1 Å². The van der Waals surface area contributed by atoms with Crippen LogP contribution in [0.5, 0.6) is 5.75 Å². The van der Waals surface area contributed by atoms with Crippen LogP contribution in [0.2, 0.25) is 0 Å². The van der Waals surface area contributed by atoms with Gasteiger partial charge in [-0.15, -0.1) is 0 Å². The number of amides is 1. The number of unbranched alkanes of at least 4 members (excludes halogenated alkanes) is 2. The summed E-state index contributed by atoms with van der Waals surface area (Å²) in [5.41, 5.74) is 0.0317. The molecule has 0 aliphatic heterocycles. The Balaban J connectivity index is 2.77. The molecule has 1 amide bonds. The number of nitro benzene ring substituents is 1. The van der Waals surface area contributed by atoms with Crippen molar-refractivity contribution < 1.29 is 19.6 Å². The summed E-state index contributed by atoms with van der Waals surface area (Å²) in [6, 6.07) is 4.16. The first-order chi connectivity index (χ1) is 10.0. The van der Waals surface area contributed by atoms with E-state index >= 15 is 0 Å². The van der Waals surface area contributed by atoms with Crippen molar-refractivity contribution in [2.24, 2.45) is 0 Å². The summed E-state index contributed by atoms with van der Waals surface area (Å²) in [5.74, 6) is -0.146. The van der Waals surface area contributed by atoms with Gasteiger partial charge >= 0.3 is 5.69 Å². The van der Waals surface area contributed by atoms with E-state index in [-0.39, 0.29) is 29.5 Å². The second kappa shape index (κ2) is 8.21. The van der Waals surface area contributed by atoms with Gasteiger partial charge in [-0.25, -0.2) is 0 Å². The Morgan fingerprint density at radius 1 is 1.38 bits per heavy atom. The van der Waals surface area contributed by atoms with E-state index in [0.717, 1.165) is 12.8 Å². The van der Waals surface area contributed by atoms with Gasteiger partial charge in [0.2, 0.25) is 0 Å². The lowest BCUT2D eigenvalue weighted by atomic mass is 10.1. The van der Waals surface area contributed by atoms with Crippen LogP contribution in [0.3, 0.4) is 0 Å². The van der Waals surface area contributed by atoms with Gasteiger partial charge in [-0.05, 0) is 31.4 Å². The highest BCUT2D eigenvalue weighted by atomic mass is 16.6. The van der Waals surface area contributed by atoms with Crippen LogP contribution >= 0.6 is 0 Å². The number of ether oxygens (including phenoxy) is 1. The molecule has 0 fully saturated rings. The molecule has 0 bridgehead atoms. The van der Waals surface area contributed by atoms with E-state index in [1.807, 2.05) is 0 Å². The first kappa shape index (κ1) is 16.9. The van der Waals surface area contributed by atoms with Crippen LogP contribution in [0.25, 0.3) is 0 Å². The molecule has 0 spiro atoms. The van der Waals surface area contributed by atoms with Gasteiger partial charge in [0.05, 0.1) is 12.0 Å². The average Bonchev–Trinajstić information content (AvgIpc) is 2.49. The number of carbonyl (C=O) groups excluding carboxylic acids is 1. The predicted octanol–water partition coefficient (Wildman–Crippen LogP) is 1.84. The van der Waals surface area contributed by atoms with Gasteiger partial charge in [-0.2, -0.15) is 0 Å². The first-order valence-electron chi connectivity index (χ1n) is 6.70. The summed E-state index contributed by atoms with van der Waals surface area (Å²) < 4.78 is 4.90. The van der Waals surface area contributed by atoms with E-state index in [2.05, 4.69) is 0 Å². The fourth-order valence-electron chi connectivity index (χ4n) is 1.93. The van der Waals surface area contributed by atoms with Crippen LogP contribution in [0.15, 0.2) is 18.2 Å². The maximum Gasteiger partial charge on any atom is 0.311 e. The molecule has 1 aromatic rings. The predicted molar refractivity (Wildman–Crippen MR) is 77.5 cm³/mol. The molecule has 0 saturated heterocycles. The number of hydrogen-bond acceptors (Lipinski definition) is 5. The molecule has 7 nitrogen and oxygen atoms in total. The molecule has 0 aliphatic carbocycles. The molecule has 116 valence electrons. The van der Waals surface area contributed by atoms with Crippen LogP contribution in [0.1, 0.15) is 29.6 Å². The number of aliphatic hydroxyl groups is 1. The van der Waals surface area contributed by atoms with Crippen molar-refractivity contribution in [3.05, 3.63) is 33.9 Å². The highest BCUT2D eigenvalue weighted by Gasteiger charge is 2.19. The molecule has 0 saturated carbocycles. The van der Waals surface area contributed by atoms with E-state index in [1.165, 1.54) is 30.2 Å². The molecule has 0 radical (unpaired) electrons. The molecular formula is C14H20N2O5. The van der Waals surface area contributed by atoms with Gasteiger partial charge in [0.15, 0.2) is 5.75 Å². The second-order valence-corrected chi connectivity index (χ2v) is 4.65. The van der Waals surface area contributed by atoms with Gasteiger partial charge in [-0.3, -0.25) is 14.9 Å². The molecule has 0 atom stereocenters. The summed E-state index contributed by atoms with van der Waals surface area (Å²) in [6.07, 6.45) is 2.31. The van der Waals surface area contributed by atoms with Crippen LogP contribution in [0, 0.1) is 10.1 Å². The summed E-state index contributed by atoms with van der Waals surface area (Å²) in [6.45, 7) is 0.682. The number of aliphatic hydroxyl groups excluding tert-OH is 1. The smallest absolute Gasteiger partial charge is 0.311 e. The minimum absolute atomic E-state index is 0.127. The number of carbonyl (C=O) groups is 1. The van der Waals surface area contributed by atoms with Crippen molar-refractivity contribution in [3.8, 4) is 5.75 Å². The molecule has 0 heterocycles. The number of methoxy groups -OCH3 is 1. The maximum atomic E-state index is 12.2. The molecule has 0 unspecified atom stereocenters. The fourth-order valence-corrected chi connectivity index (χ4v) is 1.93. The zero-order valence-corrected chi connectivity index (χ0v) is 12.2. The third kappa shape index (κ3) is 4.71. The van der Waals surface area contributed by atoms with E-state index in [4.69, 9.17) is 9.84 Å². The summed E-state index contributed by atoms with van der Waals surface area (Å²) >= 11 is 0. The Labute approximate surface area is 123 Å². The van der Waals surface area contributed by atoms with E-state index in [9.17, 15) is 14.9 Å². The molecular weight excluding hydrogens is 276 g/mol. The SMILES string of the molecule is COc1ccc(C(=O)N(C)CCCCCO)cc1[N+](=O)[O-]. The van der Waals surface area contributed by atoms with E-state index < -0.39 is 4.92 Å². The lowest BCUT2D eigenvalue weighted by Crippen LogP contribution is -2.27. The van der Waals surface area contributed by atoms with Crippen molar-refractivity contribution in [2.45, 2.75) is 19.3 Å². The Morgan fingerprint density at radius 3 is 2.67 bits per heavy atom. The number of nitrogens with zero attached hydrogens (tertiary/aromatic N) is 2. The Kier molecular flexibility index (Phi) is 6.61. The Hall–Kier alpha value is -2.15. The standard InChI is InChI=1S/C14H20N2O5/c1-15(8-4-3-5-9-17)14(18)11-6-7-13(21-2)12(10-11)16(19)20/h6-7,10,17H,3-5,8-9H2,1-2H3. The number of hydrogen-bond donors (Lipinski definition) is 1. The molecule has 0 aliphatic rings. The minimum Gasteiger partial charge on any atom is -0.490 e. The zero-order valence-electron chi connectivity index (χ0n) is 12.2. The van der Waals surface area contributed by atoms with Crippen LogP contribution in [-0.2, 0) is 0 Å². The Bertz CT molecular complexity index is 504. The third-order valence-electron chi connectivity index (χ3n) is 3.12. The number of benzene rings is 1. The monoisotopic (exact) mass is 296 g/mol. The first-order valence-corrected chi connectivity index (χ1v) is 6.70. The number of rotatable bonds is 8. The van der Waals surface area contributed by atoms with Crippen LogP contribution in [0.4, 0.5) is 5.69 Å². The average molecular weight is 296 g/mol. The van der Waals surface area contributed by atoms with Gasteiger partial charge in [0, 0.05) is 31.8 Å². The maximum absolute atomic E-state index is 12.2. The molecule has 1 aromatic carbocycles. The molecule has 0 aromatic heterocycles. The Morgan fingerprint density at radius 2 is 2.10 bits per heavy atom. The fraction of sp³-hybridized carbons (Fsp3) is 0.500. The van der Waals surface area contributed by atoms with Gasteiger partial charge in [0.25, 0.3) is 5.91 Å². The van der Waals surface area contributed by atoms with E-state index in [0.29, 0.717) is 13.0 Å². The minimum atomic E-state index is -0.573. The van der Waals surface area contributed by atoms with Crippen LogP contribution < -0.4 is 4.74 Å². The highest BCUT2D eigenvalue weighted by molar-refractivity contribution is 5.95.